The van der Waals surface area contributed by atoms with Gasteiger partial charge in [0.1, 0.15) is 0 Å². The fourth-order valence-electron chi connectivity index (χ4n) is 4.30. The third kappa shape index (κ3) is 4.20. The Morgan fingerprint density at radius 2 is 2.06 bits per heavy atom. The lowest BCUT2D eigenvalue weighted by atomic mass is 9.81. The van der Waals surface area contributed by atoms with Crippen LogP contribution in [0, 0.1) is 0 Å². The summed E-state index contributed by atoms with van der Waals surface area (Å²) in [5.41, 5.74) is 1.41. The molecule has 9 heteroatoms. The minimum atomic E-state index is -2.68. The second-order valence-corrected chi connectivity index (χ2v) is 8.56. The average molecular weight is 456 g/mol. The van der Waals surface area contributed by atoms with Gasteiger partial charge in [0.2, 0.25) is 11.9 Å². The number of hydrogen-bond donors (Lipinski definition) is 2. The standard InChI is InChI=1S/C24H26F2N4O3/c1-24(9-11-29(2)22(24)33)17-7-8-19-18(14-17)27-23(30(19)10-4-12-31)28-21(32)16-6-3-5-15(13-16)20(25)26/h3,5-8,13-14,20,31H,4,9-12H2,1-2H3,(H,27,28,32)/t24-/m1/s1. The van der Waals surface area contributed by atoms with Gasteiger partial charge in [-0.2, -0.15) is 0 Å². The molecule has 7 nitrogen and oxygen atoms in total. The van der Waals surface area contributed by atoms with Crippen LogP contribution in [0.2, 0.25) is 0 Å². The number of nitrogens with one attached hydrogen (secondary N) is 1. The number of rotatable bonds is 7. The Morgan fingerprint density at radius 3 is 2.73 bits per heavy atom. The molecule has 0 spiro atoms. The number of aromatic nitrogens is 2. The molecule has 0 aliphatic carbocycles. The Kier molecular flexibility index (Phi) is 6.16. The lowest BCUT2D eigenvalue weighted by Crippen LogP contribution is -2.33. The number of fused-ring (bicyclic) bond motifs is 1. The van der Waals surface area contributed by atoms with E-state index in [1.807, 2.05) is 25.1 Å². The lowest BCUT2D eigenvalue weighted by molar-refractivity contribution is -0.130. The zero-order valence-corrected chi connectivity index (χ0v) is 18.5. The molecule has 1 fully saturated rings. The number of amides is 2. The topological polar surface area (TPSA) is 87.5 Å². The van der Waals surface area contributed by atoms with E-state index in [4.69, 9.17) is 0 Å². The van der Waals surface area contributed by atoms with Crippen molar-refractivity contribution in [3.05, 3.63) is 59.2 Å². The zero-order valence-electron chi connectivity index (χ0n) is 18.5. The van der Waals surface area contributed by atoms with E-state index in [2.05, 4.69) is 10.3 Å². The highest BCUT2D eigenvalue weighted by molar-refractivity contribution is 6.04. The van der Waals surface area contributed by atoms with Crippen LogP contribution in [0.15, 0.2) is 42.5 Å². The number of anilines is 1. The Morgan fingerprint density at radius 1 is 1.27 bits per heavy atom. The van der Waals surface area contributed by atoms with Crippen LogP contribution in [-0.2, 0) is 16.8 Å². The van der Waals surface area contributed by atoms with Crippen molar-refractivity contribution in [2.24, 2.45) is 0 Å². The minimum absolute atomic E-state index is 0.0412. The summed E-state index contributed by atoms with van der Waals surface area (Å²) >= 11 is 0. The number of likely N-dealkylation sites (tertiary alicyclic amines) is 1. The van der Waals surface area contributed by atoms with Gasteiger partial charge in [-0.05, 0) is 49.6 Å². The SMILES string of the molecule is CN1CC[C@](C)(c2ccc3c(c2)nc(NC(=O)c2cccc(C(F)F)c2)n3CCCO)C1=O. The largest absolute Gasteiger partial charge is 0.396 e. The van der Waals surface area contributed by atoms with E-state index in [0.29, 0.717) is 31.4 Å². The molecular weight excluding hydrogens is 430 g/mol. The third-order valence-electron chi connectivity index (χ3n) is 6.32. The van der Waals surface area contributed by atoms with Gasteiger partial charge in [0.05, 0.1) is 16.4 Å². The molecule has 0 saturated carbocycles. The van der Waals surface area contributed by atoms with Gasteiger partial charge in [-0.25, -0.2) is 13.8 Å². The number of alkyl halides is 2. The van der Waals surface area contributed by atoms with Crippen molar-refractivity contribution in [3.63, 3.8) is 0 Å². The maximum absolute atomic E-state index is 13.0. The van der Waals surface area contributed by atoms with Crippen molar-refractivity contribution in [1.82, 2.24) is 14.5 Å². The summed E-state index contributed by atoms with van der Waals surface area (Å²) in [6.45, 7) is 2.96. The number of carbonyl (C=O) groups is 2. The molecule has 2 heterocycles. The van der Waals surface area contributed by atoms with Crippen LogP contribution in [0.1, 0.15) is 47.7 Å². The number of aliphatic hydroxyl groups excluding tert-OH is 1. The first kappa shape index (κ1) is 22.8. The van der Waals surface area contributed by atoms with Crippen LogP contribution in [0.5, 0.6) is 0 Å². The van der Waals surface area contributed by atoms with Crippen LogP contribution >= 0.6 is 0 Å². The van der Waals surface area contributed by atoms with E-state index in [1.54, 1.807) is 16.5 Å². The molecule has 2 amide bonds. The van der Waals surface area contributed by atoms with Crippen LogP contribution in [0.25, 0.3) is 11.0 Å². The molecule has 0 bridgehead atoms. The molecule has 0 radical (unpaired) electrons. The van der Waals surface area contributed by atoms with Gasteiger partial charge >= 0.3 is 0 Å². The zero-order chi connectivity index (χ0) is 23.8. The fourth-order valence-corrected chi connectivity index (χ4v) is 4.30. The van der Waals surface area contributed by atoms with Crippen molar-refractivity contribution >= 4 is 28.8 Å². The molecule has 1 aliphatic rings. The lowest BCUT2D eigenvalue weighted by Gasteiger charge is -2.22. The quantitative estimate of drug-likeness (QED) is 0.567. The van der Waals surface area contributed by atoms with Gasteiger partial charge in [-0.1, -0.05) is 18.2 Å². The van der Waals surface area contributed by atoms with Gasteiger partial charge < -0.3 is 14.6 Å². The summed E-state index contributed by atoms with van der Waals surface area (Å²) in [6.07, 6.45) is -1.54. The van der Waals surface area contributed by atoms with Crippen LogP contribution in [-0.4, -0.2) is 51.6 Å². The predicted octanol–water partition coefficient (Wildman–Crippen LogP) is 3.73. The molecule has 3 aromatic rings. The Bertz CT molecular complexity index is 1210. The van der Waals surface area contributed by atoms with E-state index >= 15 is 0 Å². The van der Waals surface area contributed by atoms with Crippen LogP contribution in [0.3, 0.4) is 0 Å². The van der Waals surface area contributed by atoms with Crippen molar-refractivity contribution in [2.75, 3.05) is 25.5 Å². The summed E-state index contributed by atoms with van der Waals surface area (Å²) in [5.74, 6) is -0.255. The molecule has 1 aromatic heterocycles. The van der Waals surface area contributed by atoms with Gasteiger partial charge in [0, 0.05) is 37.9 Å². The van der Waals surface area contributed by atoms with Gasteiger partial charge in [0.15, 0.2) is 0 Å². The van der Waals surface area contributed by atoms with E-state index in [9.17, 15) is 23.5 Å². The summed E-state index contributed by atoms with van der Waals surface area (Å²) in [5, 5.41) is 12.0. The molecular formula is C24H26F2N4O3. The first-order valence-corrected chi connectivity index (χ1v) is 10.8. The van der Waals surface area contributed by atoms with E-state index < -0.39 is 17.7 Å². The minimum Gasteiger partial charge on any atom is -0.396 e. The maximum atomic E-state index is 13.0. The first-order valence-electron chi connectivity index (χ1n) is 10.8. The predicted molar refractivity (Wildman–Crippen MR) is 120 cm³/mol. The molecule has 2 aromatic carbocycles. The molecule has 0 unspecified atom stereocenters. The molecule has 1 atom stereocenters. The fraction of sp³-hybridized carbons (Fsp3) is 0.375. The van der Waals surface area contributed by atoms with Gasteiger partial charge in [-0.3, -0.25) is 14.9 Å². The van der Waals surface area contributed by atoms with Crippen LogP contribution in [0.4, 0.5) is 14.7 Å². The number of nitrogens with zero attached hydrogens (tertiary/aromatic N) is 3. The molecule has 33 heavy (non-hydrogen) atoms. The first-order chi connectivity index (χ1) is 15.7. The highest BCUT2D eigenvalue weighted by Gasteiger charge is 2.42. The summed E-state index contributed by atoms with van der Waals surface area (Å²) in [4.78, 5) is 31.8. The number of halogens is 2. The number of carbonyl (C=O) groups excluding carboxylic acids is 2. The summed E-state index contributed by atoms with van der Waals surface area (Å²) in [7, 11) is 1.78. The smallest absolute Gasteiger partial charge is 0.263 e. The van der Waals surface area contributed by atoms with Gasteiger partial charge in [-0.15, -0.1) is 0 Å². The van der Waals surface area contributed by atoms with Crippen molar-refractivity contribution in [2.45, 2.75) is 38.2 Å². The highest BCUT2D eigenvalue weighted by atomic mass is 19.3. The number of likely N-dealkylation sites (N-methyl/N-ethyl adjacent to an activating group) is 1. The Balaban J connectivity index is 1.70. The Labute approximate surface area is 190 Å². The maximum Gasteiger partial charge on any atom is 0.263 e. The van der Waals surface area contributed by atoms with E-state index in [-0.39, 0.29) is 29.6 Å². The molecule has 1 aliphatic heterocycles. The second kappa shape index (κ2) is 8.90. The average Bonchev–Trinajstić information content (AvgIpc) is 3.29. The summed E-state index contributed by atoms with van der Waals surface area (Å²) < 4.78 is 27.8. The molecule has 1 saturated heterocycles. The third-order valence-corrected chi connectivity index (χ3v) is 6.32. The van der Waals surface area contributed by atoms with Crippen molar-refractivity contribution in [3.8, 4) is 0 Å². The highest BCUT2D eigenvalue weighted by Crippen LogP contribution is 2.36. The summed E-state index contributed by atoms with van der Waals surface area (Å²) in [6, 6.07) is 10.9. The number of aliphatic hydroxyl groups is 1. The second-order valence-electron chi connectivity index (χ2n) is 8.56. The van der Waals surface area contributed by atoms with Crippen LogP contribution < -0.4 is 5.32 Å². The normalized spacial score (nSPS) is 18.5. The molecule has 2 N–H and O–H groups in total. The van der Waals surface area contributed by atoms with Gasteiger partial charge in [0.25, 0.3) is 12.3 Å². The number of benzene rings is 2. The monoisotopic (exact) mass is 456 g/mol. The van der Waals surface area contributed by atoms with Crippen molar-refractivity contribution < 1.29 is 23.5 Å². The Hall–Kier alpha value is -3.33. The molecule has 174 valence electrons. The van der Waals surface area contributed by atoms with E-state index in [0.717, 1.165) is 17.1 Å². The van der Waals surface area contributed by atoms with Crippen molar-refractivity contribution in [1.29, 1.82) is 0 Å². The number of imidazole rings is 1. The molecule has 4 rings (SSSR count). The van der Waals surface area contributed by atoms with E-state index in [1.165, 1.54) is 18.2 Å². The number of hydrogen-bond acceptors (Lipinski definition) is 4. The number of aryl methyl sites for hydroxylation is 1.